The summed E-state index contributed by atoms with van der Waals surface area (Å²) in [6.07, 6.45) is 4.18. The Morgan fingerprint density at radius 1 is 1.40 bits per heavy atom. The van der Waals surface area contributed by atoms with Crippen molar-refractivity contribution in [3.8, 4) is 0 Å². The van der Waals surface area contributed by atoms with Crippen LogP contribution in [0.15, 0.2) is 18.2 Å². The summed E-state index contributed by atoms with van der Waals surface area (Å²) in [5.74, 6) is 0.868. The maximum absolute atomic E-state index is 12.5. The molecule has 1 aromatic heterocycles. The van der Waals surface area contributed by atoms with Crippen LogP contribution < -0.4 is 10.6 Å². The predicted molar refractivity (Wildman–Crippen MR) is 98.9 cm³/mol. The summed E-state index contributed by atoms with van der Waals surface area (Å²) < 4.78 is 0. The van der Waals surface area contributed by atoms with Gasteiger partial charge < -0.3 is 20.5 Å². The first kappa shape index (κ1) is 16.7. The van der Waals surface area contributed by atoms with Crippen molar-refractivity contribution in [1.29, 1.82) is 0 Å². The third kappa shape index (κ3) is 3.60. The van der Waals surface area contributed by atoms with Gasteiger partial charge in [-0.3, -0.25) is 0 Å². The van der Waals surface area contributed by atoms with Crippen LogP contribution in [0.2, 0.25) is 5.02 Å². The van der Waals surface area contributed by atoms with Crippen molar-refractivity contribution in [1.82, 2.24) is 25.5 Å². The number of amides is 2. The fourth-order valence-corrected chi connectivity index (χ4v) is 4.25. The van der Waals surface area contributed by atoms with Gasteiger partial charge in [-0.1, -0.05) is 11.6 Å². The lowest BCUT2D eigenvalue weighted by atomic mass is 9.79. The molecule has 7 heteroatoms. The highest BCUT2D eigenvalue weighted by atomic mass is 35.5. The molecule has 6 nitrogen and oxygen atoms in total. The molecule has 25 heavy (non-hydrogen) atoms. The molecule has 1 unspecified atom stereocenters. The molecule has 2 aliphatic rings. The summed E-state index contributed by atoms with van der Waals surface area (Å²) in [7, 11) is 0. The molecular weight excluding hydrogens is 338 g/mol. The monoisotopic (exact) mass is 361 g/mol. The molecule has 2 amide bonds. The van der Waals surface area contributed by atoms with Gasteiger partial charge in [0, 0.05) is 43.0 Å². The van der Waals surface area contributed by atoms with Gasteiger partial charge in [0.25, 0.3) is 0 Å². The summed E-state index contributed by atoms with van der Waals surface area (Å²) in [5, 5.41) is 7.18. The molecule has 4 rings (SSSR count). The number of rotatable bonds is 3. The van der Waals surface area contributed by atoms with E-state index in [1.165, 1.54) is 12.8 Å². The van der Waals surface area contributed by atoms with Crippen molar-refractivity contribution in [3.05, 3.63) is 29.0 Å². The molecule has 0 aliphatic carbocycles. The summed E-state index contributed by atoms with van der Waals surface area (Å²) in [6, 6.07) is 5.65. The minimum Gasteiger partial charge on any atom is -0.342 e. The molecule has 1 atom stereocenters. The average molecular weight is 362 g/mol. The summed E-state index contributed by atoms with van der Waals surface area (Å²) in [6.45, 7) is 4.42. The number of carbonyl (C=O) groups excluding carboxylic acids is 1. The molecule has 2 fully saturated rings. The van der Waals surface area contributed by atoms with Crippen LogP contribution in [-0.4, -0.2) is 53.6 Å². The zero-order valence-corrected chi connectivity index (χ0v) is 15.0. The zero-order chi connectivity index (χ0) is 17.3. The Kier molecular flexibility index (Phi) is 4.56. The second-order valence-electron chi connectivity index (χ2n) is 7.28. The van der Waals surface area contributed by atoms with Gasteiger partial charge in [-0.15, -0.1) is 0 Å². The number of nitrogens with zero attached hydrogens (tertiary/aromatic N) is 2. The molecule has 1 aromatic carbocycles. The summed E-state index contributed by atoms with van der Waals surface area (Å²) in [5.41, 5.74) is 2.13. The van der Waals surface area contributed by atoms with Gasteiger partial charge >= 0.3 is 6.03 Å². The number of hydrogen-bond donors (Lipinski definition) is 3. The summed E-state index contributed by atoms with van der Waals surface area (Å²) >= 11 is 6.00. The van der Waals surface area contributed by atoms with Crippen LogP contribution in [-0.2, 0) is 6.42 Å². The molecule has 0 bridgehead atoms. The molecule has 1 spiro atoms. The Morgan fingerprint density at radius 2 is 2.32 bits per heavy atom. The third-order valence-corrected chi connectivity index (χ3v) is 5.65. The number of likely N-dealkylation sites (tertiary alicyclic amines) is 1. The van der Waals surface area contributed by atoms with E-state index >= 15 is 0 Å². The topological polar surface area (TPSA) is 73.0 Å². The van der Waals surface area contributed by atoms with Crippen molar-refractivity contribution in [3.63, 3.8) is 0 Å². The van der Waals surface area contributed by atoms with Crippen LogP contribution in [0.5, 0.6) is 0 Å². The first-order valence-corrected chi connectivity index (χ1v) is 9.39. The molecule has 0 saturated carbocycles. The summed E-state index contributed by atoms with van der Waals surface area (Å²) in [4.78, 5) is 22.3. The number of H-pyrrole nitrogens is 1. The van der Waals surface area contributed by atoms with Gasteiger partial charge in [0.15, 0.2) is 0 Å². The standard InChI is InChI=1S/C18H24ClN5O/c19-13-2-3-14-15(10-13)23-16(22-14)4-7-21-17(25)24-9-1-5-18(12-24)6-8-20-11-18/h2-3,10,20H,1,4-9,11-12H2,(H,21,25)(H,22,23). The van der Waals surface area contributed by atoms with Gasteiger partial charge in [0.05, 0.1) is 11.0 Å². The predicted octanol–water partition coefficient (Wildman–Crippen LogP) is 2.54. The lowest BCUT2D eigenvalue weighted by Gasteiger charge is -2.39. The number of nitrogens with one attached hydrogen (secondary N) is 3. The third-order valence-electron chi connectivity index (χ3n) is 5.41. The van der Waals surface area contributed by atoms with E-state index in [0.29, 0.717) is 23.4 Å². The fourth-order valence-electron chi connectivity index (χ4n) is 4.08. The molecule has 134 valence electrons. The number of carbonyl (C=O) groups is 1. The first-order chi connectivity index (χ1) is 12.1. The zero-order valence-electron chi connectivity index (χ0n) is 14.3. The highest BCUT2D eigenvalue weighted by Gasteiger charge is 2.39. The van der Waals surface area contributed by atoms with E-state index in [9.17, 15) is 4.79 Å². The van der Waals surface area contributed by atoms with Crippen LogP contribution in [0.3, 0.4) is 0 Å². The van der Waals surface area contributed by atoms with Gasteiger partial charge in [-0.25, -0.2) is 9.78 Å². The van der Waals surface area contributed by atoms with Gasteiger partial charge in [0.1, 0.15) is 5.82 Å². The normalized spacial score (nSPS) is 23.5. The fraction of sp³-hybridized carbons (Fsp3) is 0.556. The molecular formula is C18H24ClN5O. The van der Waals surface area contributed by atoms with Crippen LogP contribution in [0.1, 0.15) is 25.1 Å². The second kappa shape index (κ2) is 6.84. The van der Waals surface area contributed by atoms with E-state index in [4.69, 9.17) is 11.6 Å². The number of benzene rings is 1. The lowest BCUT2D eigenvalue weighted by Crippen LogP contribution is -2.50. The molecule has 3 heterocycles. The smallest absolute Gasteiger partial charge is 0.317 e. The average Bonchev–Trinajstić information content (AvgIpc) is 3.21. The van der Waals surface area contributed by atoms with E-state index in [1.54, 1.807) is 0 Å². The lowest BCUT2D eigenvalue weighted by molar-refractivity contribution is 0.118. The molecule has 2 aromatic rings. The Bertz CT molecular complexity index is 768. The maximum Gasteiger partial charge on any atom is 0.317 e. The Hall–Kier alpha value is -1.79. The quantitative estimate of drug-likeness (QED) is 0.786. The minimum absolute atomic E-state index is 0.0464. The number of urea groups is 1. The molecule has 3 N–H and O–H groups in total. The Balaban J connectivity index is 1.30. The van der Waals surface area contributed by atoms with Gasteiger partial charge in [-0.2, -0.15) is 0 Å². The number of aromatic amines is 1. The van der Waals surface area contributed by atoms with Crippen LogP contribution in [0, 0.1) is 5.41 Å². The minimum atomic E-state index is 0.0464. The Morgan fingerprint density at radius 3 is 3.16 bits per heavy atom. The van der Waals surface area contributed by atoms with Crippen LogP contribution >= 0.6 is 11.6 Å². The number of aromatic nitrogens is 2. The van der Waals surface area contributed by atoms with Crippen molar-refractivity contribution in [2.45, 2.75) is 25.7 Å². The van der Waals surface area contributed by atoms with Crippen LogP contribution in [0.25, 0.3) is 11.0 Å². The highest BCUT2D eigenvalue weighted by Crippen LogP contribution is 2.35. The van der Waals surface area contributed by atoms with E-state index in [1.807, 2.05) is 23.1 Å². The van der Waals surface area contributed by atoms with Gasteiger partial charge in [-0.05, 0) is 44.0 Å². The van der Waals surface area contributed by atoms with E-state index < -0.39 is 0 Å². The van der Waals surface area contributed by atoms with Crippen molar-refractivity contribution >= 4 is 28.7 Å². The largest absolute Gasteiger partial charge is 0.342 e. The van der Waals surface area contributed by atoms with Gasteiger partial charge in [0.2, 0.25) is 0 Å². The van der Waals surface area contributed by atoms with Crippen molar-refractivity contribution in [2.75, 3.05) is 32.7 Å². The number of fused-ring (bicyclic) bond motifs is 1. The Labute approximate surface area is 152 Å². The first-order valence-electron chi connectivity index (χ1n) is 9.01. The molecule has 2 aliphatic heterocycles. The number of hydrogen-bond acceptors (Lipinski definition) is 3. The number of halogens is 1. The van der Waals surface area contributed by atoms with E-state index in [-0.39, 0.29) is 6.03 Å². The number of piperidine rings is 1. The van der Waals surface area contributed by atoms with Crippen LogP contribution in [0.4, 0.5) is 4.79 Å². The molecule has 2 saturated heterocycles. The van der Waals surface area contributed by atoms with Crippen molar-refractivity contribution in [2.24, 2.45) is 5.41 Å². The maximum atomic E-state index is 12.5. The second-order valence-corrected chi connectivity index (χ2v) is 7.72. The SMILES string of the molecule is O=C(NCCc1nc2ccc(Cl)cc2[nH]1)N1CCCC2(CCNC2)C1. The van der Waals surface area contributed by atoms with E-state index in [2.05, 4.69) is 20.6 Å². The highest BCUT2D eigenvalue weighted by molar-refractivity contribution is 6.31. The number of imidazole rings is 1. The molecule has 0 radical (unpaired) electrons. The van der Waals surface area contributed by atoms with E-state index in [0.717, 1.165) is 49.5 Å². The van der Waals surface area contributed by atoms with Crippen molar-refractivity contribution < 1.29 is 4.79 Å².